The smallest absolute Gasteiger partial charge is 0.334 e. The Balaban J connectivity index is 2.64. The van der Waals surface area contributed by atoms with Crippen LogP contribution in [0.5, 0.6) is 0 Å². The summed E-state index contributed by atoms with van der Waals surface area (Å²) in [5.41, 5.74) is 0.0626. The van der Waals surface area contributed by atoms with Gasteiger partial charge in [-0.2, -0.15) is 0 Å². The molecule has 1 N–H and O–H groups in total. The maximum Gasteiger partial charge on any atom is 0.334 e. The molecule has 0 aliphatic carbocycles. The van der Waals surface area contributed by atoms with E-state index in [0.717, 1.165) is 7.11 Å². The molecule has 1 unspecified atom stereocenters. The lowest BCUT2D eigenvalue weighted by atomic mass is 10.3. The van der Waals surface area contributed by atoms with Crippen molar-refractivity contribution >= 4 is 39.0 Å². The van der Waals surface area contributed by atoms with E-state index in [0.29, 0.717) is 0 Å². The first-order valence-corrected chi connectivity index (χ1v) is 6.72. The third-order valence-corrected chi connectivity index (χ3v) is 4.70. The van der Waals surface area contributed by atoms with Crippen molar-refractivity contribution < 1.29 is 22.7 Å². The van der Waals surface area contributed by atoms with Crippen LogP contribution in [0.4, 0.5) is 5.69 Å². The molecular weight excluding hydrogens is 282 g/mol. The molecule has 1 aliphatic rings. The number of ether oxygens (including phenoxy) is 1. The van der Waals surface area contributed by atoms with Gasteiger partial charge in [0.25, 0.3) is 5.91 Å². The number of hydrogen-bond acceptors (Lipinski definition) is 5. The van der Waals surface area contributed by atoms with Gasteiger partial charge in [-0.3, -0.25) is 9.59 Å². The number of esters is 1. The van der Waals surface area contributed by atoms with Crippen LogP contribution in [0, 0.1) is 0 Å². The maximum atomic E-state index is 12.1. The molecule has 1 aromatic rings. The van der Waals surface area contributed by atoms with E-state index in [1.165, 1.54) is 18.2 Å². The molecule has 6 nitrogen and oxygen atoms in total. The number of carbonyl (C=O) groups is 2. The van der Waals surface area contributed by atoms with E-state index in [2.05, 4.69) is 10.1 Å². The highest BCUT2D eigenvalue weighted by Gasteiger charge is 2.46. The fourth-order valence-corrected chi connectivity index (χ4v) is 3.45. The van der Waals surface area contributed by atoms with Crippen molar-refractivity contribution in [3.63, 3.8) is 0 Å². The highest BCUT2D eigenvalue weighted by molar-refractivity contribution is 7.94. The quantitative estimate of drug-likeness (QED) is 0.604. The molecule has 0 bridgehead atoms. The van der Waals surface area contributed by atoms with Crippen LogP contribution in [-0.4, -0.2) is 32.7 Å². The number of sulfone groups is 1. The number of benzene rings is 1. The normalized spacial score (nSPS) is 20.8. The average molecular weight is 290 g/mol. The molecule has 1 aromatic carbocycles. The zero-order valence-electron chi connectivity index (χ0n) is 9.14. The first-order chi connectivity index (χ1) is 8.37. The van der Waals surface area contributed by atoms with Gasteiger partial charge in [0.15, 0.2) is 0 Å². The maximum absolute atomic E-state index is 12.1. The number of fused-ring (bicyclic) bond motifs is 1. The minimum Gasteiger partial charge on any atom is -0.468 e. The molecule has 0 aromatic heterocycles. The van der Waals surface area contributed by atoms with Crippen LogP contribution < -0.4 is 5.32 Å². The molecule has 1 atom stereocenters. The summed E-state index contributed by atoms with van der Waals surface area (Å²) in [7, 11) is -3.09. The number of amides is 1. The Hall–Kier alpha value is -1.60. The van der Waals surface area contributed by atoms with Crippen LogP contribution in [0.15, 0.2) is 23.1 Å². The van der Waals surface area contributed by atoms with Crippen molar-refractivity contribution in [2.75, 3.05) is 12.4 Å². The predicted octanol–water partition coefficient (Wildman–Crippen LogP) is 0.607. The SMILES string of the molecule is COC(=O)C1C(=O)Nc2cc(Cl)ccc2S1(=O)=O. The number of nitrogens with one attached hydrogen (secondary N) is 1. The third kappa shape index (κ3) is 1.85. The Morgan fingerprint density at radius 3 is 2.72 bits per heavy atom. The summed E-state index contributed by atoms with van der Waals surface area (Å²) in [5.74, 6) is -2.07. The summed E-state index contributed by atoms with van der Waals surface area (Å²) in [5, 5.41) is 0.718. The zero-order valence-corrected chi connectivity index (χ0v) is 10.7. The van der Waals surface area contributed by atoms with Gasteiger partial charge in [-0.25, -0.2) is 8.42 Å². The molecule has 2 rings (SSSR count). The van der Waals surface area contributed by atoms with Crippen LogP contribution in [0.2, 0.25) is 5.02 Å². The van der Waals surface area contributed by atoms with Crippen molar-refractivity contribution in [1.82, 2.24) is 0 Å². The fraction of sp³-hybridized carbons (Fsp3) is 0.200. The standard InChI is InChI=1S/C10H8ClNO5S/c1-17-10(14)8-9(13)12-6-4-5(11)2-3-7(6)18(8,15)16/h2-4,8H,1H3,(H,12,13). The molecule has 18 heavy (non-hydrogen) atoms. The van der Waals surface area contributed by atoms with Crippen LogP contribution in [-0.2, 0) is 24.2 Å². The van der Waals surface area contributed by atoms with E-state index in [1.54, 1.807) is 0 Å². The molecule has 1 aliphatic heterocycles. The Labute approximate surface area is 108 Å². The van der Waals surface area contributed by atoms with Crippen LogP contribution >= 0.6 is 11.6 Å². The first-order valence-electron chi connectivity index (χ1n) is 4.80. The van der Waals surface area contributed by atoms with Gasteiger partial charge in [0, 0.05) is 5.02 Å². The van der Waals surface area contributed by atoms with Gasteiger partial charge in [0.05, 0.1) is 17.7 Å². The minimum atomic E-state index is -4.11. The molecule has 8 heteroatoms. The molecule has 96 valence electrons. The summed E-state index contributed by atoms with van der Waals surface area (Å²) in [6.07, 6.45) is 0. The molecule has 0 saturated carbocycles. The number of hydrogen-bond donors (Lipinski definition) is 1. The van der Waals surface area contributed by atoms with Crippen molar-refractivity contribution in [1.29, 1.82) is 0 Å². The second kappa shape index (κ2) is 4.25. The Bertz CT molecular complexity index is 640. The van der Waals surface area contributed by atoms with Gasteiger partial charge in [0.1, 0.15) is 0 Å². The first kappa shape index (κ1) is 12.8. The van der Waals surface area contributed by atoms with Crippen LogP contribution in [0.1, 0.15) is 0 Å². The van der Waals surface area contributed by atoms with E-state index < -0.39 is 27.0 Å². The minimum absolute atomic E-state index is 0.0626. The Kier molecular flexibility index (Phi) is 3.04. The van der Waals surface area contributed by atoms with E-state index >= 15 is 0 Å². The van der Waals surface area contributed by atoms with Crippen molar-refractivity contribution in [2.45, 2.75) is 10.1 Å². The summed E-state index contributed by atoms with van der Waals surface area (Å²) in [4.78, 5) is 22.9. The monoisotopic (exact) mass is 289 g/mol. The lowest BCUT2D eigenvalue weighted by Crippen LogP contribution is -2.45. The third-order valence-electron chi connectivity index (χ3n) is 2.47. The van der Waals surface area contributed by atoms with Crippen LogP contribution in [0.3, 0.4) is 0 Å². The van der Waals surface area contributed by atoms with Gasteiger partial charge in [-0.1, -0.05) is 11.6 Å². The summed E-state index contributed by atoms with van der Waals surface area (Å²) in [6.45, 7) is 0. The topological polar surface area (TPSA) is 89.5 Å². The largest absolute Gasteiger partial charge is 0.468 e. The number of halogens is 1. The molecule has 0 spiro atoms. The summed E-state index contributed by atoms with van der Waals surface area (Å²) in [6, 6.07) is 3.91. The average Bonchev–Trinajstić information content (AvgIpc) is 2.27. The van der Waals surface area contributed by atoms with Gasteiger partial charge in [-0.15, -0.1) is 0 Å². The molecule has 1 amide bonds. The van der Waals surface area contributed by atoms with Gasteiger partial charge in [0.2, 0.25) is 15.1 Å². The van der Waals surface area contributed by atoms with Crippen molar-refractivity contribution in [3.8, 4) is 0 Å². The van der Waals surface area contributed by atoms with Crippen molar-refractivity contribution in [3.05, 3.63) is 23.2 Å². The summed E-state index contributed by atoms with van der Waals surface area (Å²) < 4.78 is 28.6. The number of anilines is 1. The molecule has 1 heterocycles. The number of methoxy groups -OCH3 is 1. The zero-order chi connectivity index (χ0) is 13.5. The van der Waals surface area contributed by atoms with Crippen LogP contribution in [0.25, 0.3) is 0 Å². The van der Waals surface area contributed by atoms with Gasteiger partial charge < -0.3 is 10.1 Å². The summed E-state index contributed by atoms with van der Waals surface area (Å²) >= 11 is 5.71. The lowest BCUT2D eigenvalue weighted by Gasteiger charge is -2.23. The molecular formula is C10H8ClNO5S. The lowest BCUT2D eigenvalue weighted by molar-refractivity contribution is -0.142. The molecule has 0 saturated heterocycles. The molecule has 0 radical (unpaired) electrons. The van der Waals surface area contributed by atoms with Crippen molar-refractivity contribution in [2.24, 2.45) is 0 Å². The Morgan fingerprint density at radius 1 is 1.44 bits per heavy atom. The second-order valence-corrected chi connectivity index (χ2v) is 6.02. The second-order valence-electron chi connectivity index (χ2n) is 3.58. The van der Waals surface area contributed by atoms with E-state index in [-0.39, 0.29) is 15.6 Å². The van der Waals surface area contributed by atoms with E-state index in [4.69, 9.17) is 11.6 Å². The Morgan fingerprint density at radius 2 is 2.11 bits per heavy atom. The predicted molar refractivity (Wildman–Crippen MR) is 63.1 cm³/mol. The number of carbonyl (C=O) groups excluding carboxylic acids is 2. The van der Waals surface area contributed by atoms with Gasteiger partial charge in [-0.05, 0) is 18.2 Å². The highest BCUT2D eigenvalue weighted by atomic mass is 35.5. The fourth-order valence-electron chi connectivity index (χ4n) is 1.65. The highest BCUT2D eigenvalue weighted by Crippen LogP contribution is 2.32. The van der Waals surface area contributed by atoms with E-state index in [9.17, 15) is 18.0 Å². The molecule has 0 fully saturated rings. The van der Waals surface area contributed by atoms with E-state index in [1.807, 2.05) is 0 Å². The van der Waals surface area contributed by atoms with Gasteiger partial charge >= 0.3 is 5.97 Å². The number of rotatable bonds is 1.